The normalized spacial score (nSPS) is 11.2. The fraction of sp³-hybridized carbons (Fsp3) is 0.0968. The summed E-state index contributed by atoms with van der Waals surface area (Å²) in [5, 5.41) is 18.0. The van der Waals surface area contributed by atoms with Crippen LogP contribution >= 0.6 is 0 Å². The highest BCUT2D eigenvalue weighted by atomic mass is 16.5. The van der Waals surface area contributed by atoms with Crippen LogP contribution in [0.1, 0.15) is 5.56 Å². The van der Waals surface area contributed by atoms with Crippen LogP contribution in [0, 0.1) is 0 Å². The summed E-state index contributed by atoms with van der Waals surface area (Å²) in [6.07, 6.45) is 5.05. The molecule has 0 aliphatic carbocycles. The molecule has 0 aliphatic heterocycles. The Balaban J connectivity index is 1.60. The number of nitrogens with zero attached hydrogens (tertiary/aromatic N) is 4. The maximum absolute atomic E-state index is 13.6. The van der Waals surface area contributed by atoms with Gasteiger partial charge >= 0.3 is 0 Å². The largest absolute Gasteiger partial charge is 0.493 e. The van der Waals surface area contributed by atoms with Gasteiger partial charge in [0.15, 0.2) is 17.3 Å². The van der Waals surface area contributed by atoms with E-state index in [4.69, 9.17) is 14.6 Å². The molecule has 3 aromatic heterocycles. The van der Waals surface area contributed by atoms with Crippen molar-refractivity contribution in [2.24, 2.45) is 0 Å². The maximum atomic E-state index is 13.6. The molecule has 0 bridgehead atoms. The van der Waals surface area contributed by atoms with Crippen molar-refractivity contribution in [3.63, 3.8) is 0 Å². The number of benzene rings is 3. The molecule has 0 fully saturated rings. The highest BCUT2D eigenvalue weighted by Crippen LogP contribution is 2.39. The molecular weight excluding hydrogens is 492 g/mol. The summed E-state index contributed by atoms with van der Waals surface area (Å²) in [6.45, 7) is -0.170. The minimum Gasteiger partial charge on any atom is -0.493 e. The van der Waals surface area contributed by atoms with Gasteiger partial charge in [0.2, 0.25) is 0 Å². The van der Waals surface area contributed by atoms with Crippen LogP contribution in [-0.4, -0.2) is 39.1 Å². The van der Waals surface area contributed by atoms with Crippen molar-refractivity contribution in [1.82, 2.24) is 19.7 Å². The van der Waals surface area contributed by atoms with Crippen molar-refractivity contribution in [3.8, 4) is 39.7 Å². The molecule has 0 spiro atoms. The van der Waals surface area contributed by atoms with Crippen LogP contribution in [0.5, 0.6) is 11.5 Å². The van der Waals surface area contributed by atoms with E-state index in [0.717, 1.165) is 38.4 Å². The van der Waals surface area contributed by atoms with Gasteiger partial charge < -0.3 is 14.6 Å². The Hall–Kier alpha value is -5.08. The predicted molar refractivity (Wildman–Crippen MR) is 150 cm³/mol. The van der Waals surface area contributed by atoms with Crippen LogP contribution in [0.3, 0.4) is 0 Å². The number of fused-ring (bicyclic) bond motifs is 2. The number of rotatable bonds is 6. The van der Waals surface area contributed by atoms with E-state index in [9.17, 15) is 9.90 Å². The second-order valence-electron chi connectivity index (χ2n) is 8.94. The molecule has 192 valence electrons. The van der Waals surface area contributed by atoms with E-state index < -0.39 is 0 Å². The Morgan fingerprint density at radius 2 is 1.62 bits per heavy atom. The molecule has 0 radical (unpaired) electrons. The zero-order valence-electron chi connectivity index (χ0n) is 21.3. The summed E-state index contributed by atoms with van der Waals surface area (Å²) in [6, 6.07) is 22.4. The smallest absolute Gasteiger partial charge is 0.280 e. The SMILES string of the molecule is COc1cc2ccc(CO)c(-c3ccnc(-n4nc(-c5cccnc5)c5ccccc5c4=O)c3)c2cc1OC. The standard InChI is InChI=1S/C31H24N4O4/c1-38-26-14-19-9-10-22(18-36)29(25(19)16-27(26)39-2)20-11-13-33-28(15-20)35-31(37)24-8-4-3-7-23(24)30(34-35)21-6-5-12-32-17-21/h3-17,36H,18H2,1-2H3. The van der Waals surface area contributed by atoms with Crippen molar-refractivity contribution >= 4 is 21.5 Å². The minimum atomic E-state index is -0.283. The van der Waals surface area contributed by atoms with Gasteiger partial charge in [-0.3, -0.25) is 9.78 Å². The first-order valence-corrected chi connectivity index (χ1v) is 12.3. The highest BCUT2D eigenvalue weighted by molar-refractivity contribution is 6.00. The first-order valence-electron chi connectivity index (χ1n) is 12.3. The zero-order valence-corrected chi connectivity index (χ0v) is 21.3. The van der Waals surface area contributed by atoms with E-state index in [0.29, 0.717) is 28.4 Å². The number of aliphatic hydroxyl groups is 1. The summed E-state index contributed by atoms with van der Waals surface area (Å²) in [5.41, 5.74) is 3.43. The van der Waals surface area contributed by atoms with Gasteiger partial charge in [-0.25, -0.2) is 4.98 Å². The lowest BCUT2D eigenvalue weighted by atomic mass is 9.93. The van der Waals surface area contributed by atoms with Crippen molar-refractivity contribution < 1.29 is 14.6 Å². The Morgan fingerprint density at radius 1 is 0.821 bits per heavy atom. The van der Waals surface area contributed by atoms with Gasteiger partial charge in [0.25, 0.3) is 5.56 Å². The van der Waals surface area contributed by atoms with Crippen LogP contribution in [0.25, 0.3) is 49.7 Å². The van der Waals surface area contributed by atoms with E-state index in [1.54, 1.807) is 44.9 Å². The van der Waals surface area contributed by atoms with Crippen LogP contribution in [0.2, 0.25) is 0 Å². The number of ether oxygens (including phenoxy) is 2. The number of aromatic nitrogens is 4. The van der Waals surface area contributed by atoms with Gasteiger partial charge in [-0.2, -0.15) is 9.78 Å². The molecule has 0 aliphatic rings. The molecular formula is C31H24N4O4. The van der Waals surface area contributed by atoms with Crippen molar-refractivity contribution in [2.75, 3.05) is 14.2 Å². The molecule has 8 heteroatoms. The van der Waals surface area contributed by atoms with E-state index in [1.807, 2.05) is 60.7 Å². The number of hydrogen-bond acceptors (Lipinski definition) is 7. The lowest BCUT2D eigenvalue weighted by molar-refractivity contribution is 0.282. The Morgan fingerprint density at radius 3 is 2.36 bits per heavy atom. The third-order valence-corrected chi connectivity index (χ3v) is 6.77. The summed E-state index contributed by atoms with van der Waals surface area (Å²) in [5.74, 6) is 1.54. The Labute approximate surface area is 223 Å². The second-order valence-corrected chi connectivity index (χ2v) is 8.94. The molecule has 0 saturated carbocycles. The third kappa shape index (κ3) is 4.17. The summed E-state index contributed by atoms with van der Waals surface area (Å²) in [7, 11) is 3.18. The molecule has 39 heavy (non-hydrogen) atoms. The Kier molecular flexibility index (Phi) is 6.22. The average Bonchev–Trinajstić information content (AvgIpc) is 3.00. The third-order valence-electron chi connectivity index (χ3n) is 6.77. The number of pyridine rings is 2. The number of aliphatic hydroxyl groups excluding tert-OH is 1. The van der Waals surface area contributed by atoms with Gasteiger partial charge in [-0.05, 0) is 69.9 Å². The first-order chi connectivity index (χ1) is 19.1. The molecule has 1 N–H and O–H groups in total. The maximum Gasteiger partial charge on any atom is 0.280 e. The fourth-order valence-corrected chi connectivity index (χ4v) is 4.92. The van der Waals surface area contributed by atoms with Gasteiger partial charge in [0.05, 0.1) is 26.2 Å². The Bertz CT molecular complexity index is 1900. The lowest BCUT2D eigenvalue weighted by Gasteiger charge is -2.16. The lowest BCUT2D eigenvalue weighted by Crippen LogP contribution is -2.23. The van der Waals surface area contributed by atoms with E-state index in [-0.39, 0.29) is 12.2 Å². The summed E-state index contributed by atoms with van der Waals surface area (Å²) in [4.78, 5) is 22.4. The van der Waals surface area contributed by atoms with Crippen LogP contribution in [-0.2, 0) is 6.61 Å². The van der Waals surface area contributed by atoms with E-state index >= 15 is 0 Å². The molecule has 0 amide bonds. The molecule has 6 rings (SSSR count). The van der Waals surface area contributed by atoms with Gasteiger partial charge in [0, 0.05) is 29.5 Å². The second kappa shape index (κ2) is 10.00. The van der Waals surface area contributed by atoms with Crippen molar-refractivity contribution in [3.05, 3.63) is 107 Å². The monoisotopic (exact) mass is 516 g/mol. The predicted octanol–water partition coefficient (Wildman–Crippen LogP) is 5.17. The topological polar surface area (TPSA) is 99.4 Å². The minimum absolute atomic E-state index is 0.170. The zero-order chi connectivity index (χ0) is 26.9. The highest BCUT2D eigenvalue weighted by Gasteiger charge is 2.17. The molecule has 0 unspecified atom stereocenters. The van der Waals surface area contributed by atoms with Crippen LogP contribution in [0.15, 0.2) is 96.2 Å². The summed E-state index contributed by atoms with van der Waals surface area (Å²) < 4.78 is 12.4. The van der Waals surface area contributed by atoms with Crippen LogP contribution < -0.4 is 15.0 Å². The van der Waals surface area contributed by atoms with Crippen molar-refractivity contribution in [2.45, 2.75) is 6.61 Å². The fourth-order valence-electron chi connectivity index (χ4n) is 4.92. The molecule has 3 aromatic carbocycles. The summed E-state index contributed by atoms with van der Waals surface area (Å²) >= 11 is 0. The molecule has 3 heterocycles. The van der Waals surface area contributed by atoms with E-state index in [2.05, 4.69) is 9.97 Å². The van der Waals surface area contributed by atoms with Crippen LogP contribution in [0.4, 0.5) is 0 Å². The average molecular weight is 517 g/mol. The number of methoxy groups -OCH3 is 2. The quantitative estimate of drug-likeness (QED) is 0.326. The van der Waals surface area contributed by atoms with Crippen molar-refractivity contribution in [1.29, 1.82) is 0 Å². The van der Waals surface area contributed by atoms with E-state index in [1.165, 1.54) is 4.68 Å². The first kappa shape index (κ1) is 24.3. The molecule has 0 saturated heterocycles. The van der Waals surface area contributed by atoms with Gasteiger partial charge in [-0.1, -0.05) is 30.3 Å². The molecule has 8 nitrogen and oxygen atoms in total. The molecule has 6 aromatic rings. The van der Waals surface area contributed by atoms with Gasteiger partial charge in [0.1, 0.15) is 5.69 Å². The number of hydrogen-bond donors (Lipinski definition) is 1. The van der Waals surface area contributed by atoms with Gasteiger partial charge in [-0.15, -0.1) is 0 Å². The molecule has 0 atom stereocenters.